The van der Waals surface area contributed by atoms with E-state index in [4.69, 9.17) is 4.74 Å². The molecule has 2 unspecified atom stereocenters. The minimum atomic E-state index is -0.0254. The Balaban J connectivity index is 1.99. The Kier molecular flexibility index (Phi) is 3.28. The maximum absolute atomic E-state index is 11.7. The van der Waals surface area contributed by atoms with Crippen LogP contribution in [0, 0.1) is 11.8 Å². The van der Waals surface area contributed by atoms with Gasteiger partial charge in [0.05, 0.1) is 5.92 Å². The number of hydrogen-bond donors (Lipinski definition) is 0. The first-order valence-corrected chi connectivity index (χ1v) is 5.91. The van der Waals surface area contributed by atoms with E-state index in [0.29, 0.717) is 5.92 Å². The third-order valence-electron chi connectivity index (χ3n) is 3.19. The SMILES string of the molecule is CC(C)C1CC(Cc2ccccc2)C(=O)O1. The molecule has 2 atom stereocenters. The zero-order valence-electron chi connectivity index (χ0n) is 9.85. The molecule has 0 radical (unpaired) electrons. The third-order valence-corrected chi connectivity index (χ3v) is 3.19. The smallest absolute Gasteiger partial charge is 0.309 e. The van der Waals surface area contributed by atoms with Crippen LogP contribution in [0.4, 0.5) is 0 Å². The van der Waals surface area contributed by atoms with Crippen molar-refractivity contribution in [3.05, 3.63) is 35.9 Å². The number of cyclic esters (lactones) is 1. The van der Waals surface area contributed by atoms with Crippen LogP contribution in [0.25, 0.3) is 0 Å². The average Bonchev–Trinajstić information content (AvgIpc) is 2.62. The second-order valence-corrected chi connectivity index (χ2v) is 4.84. The van der Waals surface area contributed by atoms with Gasteiger partial charge in [0.15, 0.2) is 0 Å². The Bertz CT molecular complexity index is 356. The van der Waals surface area contributed by atoms with Crippen molar-refractivity contribution in [3.63, 3.8) is 0 Å². The molecule has 1 fully saturated rings. The lowest BCUT2D eigenvalue weighted by atomic mass is 9.93. The lowest BCUT2D eigenvalue weighted by Crippen LogP contribution is -2.13. The van der Waals surface area contributed by atoms with E-state index in [1.54, 1.807) is 0 Å². The normalized spacial score (nSPS) is 24.8. The largest absolute Gasteiger partial charge is 0.462 e. The van der Waals surface area contributed by atoms with Gasteiger partial charge in [-0.05, 0) is 24.3 Å². The van der Waals surface area contributed by atoms with Gasteiger partial charge in [-0.15, -0.1) is 0 Å². The Hall–Kier alpha value is -1.31. The first-order chi connectivity index (χ1) is 7.66. The molecule has 0 amide bonds. The monoisotopic (exact) mass is 218 g/mol. The number of esters is 1. The van der Waals surface area contributed by atoms with Crippen LogP contribution >= 0.6 is 0 Å². The molecule has 0 aromatic heterocycles. The molecule has 0 saturated carbocycles. The van der Waals surface area contributed by atoms with Gasteiger partial charge in [-0.2, -0.15) is 0 Å². The fraction of sp³-hybridized carbons (Fsp3) is 0.500. The maximum atomic E-state index is 11.7. The minimum Gasteiger partial charge on any atom is -0.462 e. The molecule has 16 heavy (non-hydrogen) atoms. The van der Waals surface area contributed by atoms with Gasteiger partial charge in [0, 0.05) is 0 Å². The van der Waals surface area contributed by atoms with Crippen LogP contribution < -0.4 is 0 Å². The van der Waals surface area contributed by atoms with Crippen molar-refractivity contribution < 1.29 is 9.53 Å². The molecule has 0 bridgehead atoms. The highest BCUT2D eigenvalue weighted by Gasteiger charge is 2.35. The van der Waals surface area contributed by atoms with Crippen molar-refractivity contribution in [2.45, 2.75) is 32.8 Å². The fourth-order valence-corrected chi connectivity index (χ4v) is 2.14. The number of carbonyl (C=O) groups is 1. The number of ether oxygens (including phenoxy) is 1. The van der Waals surface area contributed by atoms with Gasteiger partial charge in [0.25, 0.3) is 0 Å². The summed E-state index contributed by atoms with van der Waals surface area (Å²) in [6, 6.07) is 10.1. The quantitative estimate of drug-likeness (QED) is 0.729. The Labute approximate surface area is 96.6 Å². The number of benzene rings is 1. The van der Waals surface area contributed by atoms with E-state index >= 15 is 0 Å². The standard InChI is InChI=1S/C14H18O2/c1-10(2)13-9-12(14(15)16-13)8-11-6-4-3-5-7-11/h3-7,10,12-13H,8-9H2,1-2H3. The summed E-state index contributed by atoms with van der Waals surface area (Å²) in [6.45, 7) is 4.20. The van der Waals surface area contributed by atoms with E-state index in [9.17, 15) is 4.79 Å². The van der Waals surface area contributed by atoms with Gasteiger partial charge in [-0.25, -0.2) is 0 Å². The zero-order valence-corrected chi connectivity index (χ0v) is 9.85. The third kappa shape index (κ3) is 2.43. The lowest BCUT2D eigenvalue weighted by Gasteiger charge is -2.11. The van der Waals surface area contributed by atoms with E-state index in [1.807, 2.05) is 18.2 Å². The maximum Gasteiger partial charge on any atom is 0.309 e. The van der Waals surface area contributed by atoms with Crippen molar-refractivity contribution in [2.75, 3.05) is 0 Å². The summed E-state index contributed by atoms with van der Waals surface area (Å²) in [7, 11) is 0. The molecule has 0 N–H and O–H groups in total. The van der Waals surface area contributed by atoms with Crippen molar-refractivity contribution >= 4 is 5.97 Å². The molecule has 1 aromatic rings. The molecule has 86 valence electrons. The molecule has 0 spiro atoms. The topological polar surface area (TPSA) is 26.3 Å². The van der Waals surface area contributed by atoms with Crippen LogP contribution in [0.15, 0.2) is 30.3 Å². The van der Waals surface area contributed by atoms with Crippen LogP contribution in [0.2, 0.25) is 0 Å². The minimum absolute atomic E-state index is 0.0254. The van der Waals surface area contributed by atoms with Crippen LogP contribution in [0.3, 0.4) is 0 Å². The summed E-state index contributed by atoms with van der Waals surface area (Å²) in [6.07, 6.45) is 1.79. The molecule has 2 rings (SSSR count). The summed E-state index contributed by atoms with van der Waals surface area (Å²) in [5.41, 5.74) is 1.22. The Morgan fingerprint density at radius 2 is 2.00 bits per heavy atom. The molecule has 1 aliphatic rings. The fourth-order valence-electron chi connectivity index (χ4n) is 2.14. The summed E-state index contributed by atoms with van der Waals surface area (Å²) in [5, 5.41) is 0. The summed E-state index contributed by atoms with van der Waals surface area (Å²) >= 11 is 0. The predicted octanol–water partition coefficient (Wildman–Crippen LogP) is 2.82. The van der Waals surface area contributed by atoms with Gasteiger partial charge in [-0.1, -0.05) is 44.2 Å². The Morgan fingerprint density at radius 1 is 1.31 bits per heavy atom. The van der Waals surface area contributed by atoms with Gasteiger partial charge >= 0.3 is 5.97 Å². The van der Waals surface area contributed by atoms with Gasteiger partial charge in [-0.3, -0.25) is 4.79 Å². The highest BCUT2D eigenvalue weighted by Crippen LogP contribution is 2.28. The molecule has 1 aliphatic heterocycles. The lowest BCUT2D eigenvalue weighted by molar-refractivity contribution is -0.145. The van der Waals surface area contributed by atoms with Crippen molar-refractivity contribution in [2.24, 2.45) is 11.8 Å². The summed E-state index contributed by atoms with van der Waals surface area (Å²) in [5.74, 6) is 0.446. The number of carbonyl (C=O) groups excluding carboxylic acids is 1. The molecule has 1 aromatic carbocycles. The zero-order chi connectivity index (χ0) is 11.5. The summed E-state index contributed by atoms with van der Waals surface area (Å²) < 4.78 is 5.37. The van der Waals surface area contributed by atoms with E-state index < -0.39 is 0 Å². The average molecular weight is 218 g/mol. The van der Waals surface area contributed by atoms with Crippen LogP contribution in [0.5, 0.6) is 0 Å². The van der Waals surface area contributed by atoms with Gasteiger partial charge in [0.2, 0.25) is 0 Å². The van der Waals surface area contributed by atoms with Crippen LogP contribution in [-0.4, -0.2) is 12.1 Å². The van der Waals surface area contributed by atoms with Crippen molar-refractivity contribution in [3.8, 4) is 0 Å². The number of rotatable bonds is 3. The van der Waals surface area contributed by atoms with E-state index in [0.717, 1.165) is 12.8 Å². The molecule has 2 heteroatoms. The van der Waals surface area contributed by atoms with Gasteiger partial charge < -0.3 is 4.74 Å². The van der Waals surface area contributed by atoms with E-state index in [1.165, 1.54) is 5.56 Å². The number of hydrogen-bond acceptors (Lipinski definition) is 2. The van der Waals surface area contributed by atoms with E-state index in [-0.39, 0.29) is 18.0 Å². The first-order valence-electron chi connectivity index (χ1n) is 5.91. The molecule has 0 aliphatic carbocycles. The molecular formula is C14H18O2. The molecule has 1 heterocycles. The van der Waals surface area contributed by atoms with Crippen LogP contribution in [0.1, 0.15) is 25.8 Å². The predicted molar refractivity (Wildman–Crippen MR) is 63.0 cm³/mol. The van der Waals surface area contributed by atoms with Crippen LogP contribution in [-0.2, 0) is 16.0 Å². The molecule has 2 nitrogen and oxygen atoms in total. The molecular weight excluding hydrogens is 200 g/mol. The Morgan fingerprint density at radius 3 is 2.56 bits per heavy atom. The highest BCUT2D eigenvalue weighted by atomic mass is 16.6. The van der Waals surface area contributed by atoms with Gasteiger partial charge in [0.1, 0.15) is 6.10 Å². The summed E-state index contributed by atoms with van der Waals surface area (Å²) in [4.78, 5) is 11.7. The van der Waals surface area contributed by atoms with Crippen molar-refractivity contribution in [1.82, 2.24) is 0 Å². The highest BCUT2D eigenvalue weighted by molar-refractivity contribution is 5.75. The van der Waals surface area contributed by atoms with Crippen molar-refractivity contribution in [1.29, 1.82) is 0 Å². The first kappa shape index (κ1) is 11.2. The second-order valence-electron chi connectivity index (χ2n) is 4.84. The molecule has 1 saturated heterocycles. The van der Waals surface area contributed by atoms with E-state index in [2.05, 4.69) is 26.0 Å². The second kappa shape index (κ2) is 4.69.